The first-order valence-corrected chi connectivity index (χ1v) is 7.49. The number of rotatable bonds is 9. The van der Waals surface area contributed by atoms with E-state index < -0.39 is 0 Å². The summed E-state index contributed by atoms with van der Waals surface area (Å²) in [5, 5.41) is 3.43. The molecule has 0 aromatic rings. The monoisotopic (exact) mass is 231 g/mol. The van der Waals surface area contributed by atoms with Gasteiger partial charge in [-0.3, -0.25) is 0 Å². The summed E-state index contributed by atoms with van der Waals surface area (Å²) in [6.45, 7) is 5.56. The quantitative estimate of drug-likeness (QED) is 0.617. The van der Waals surface area contributed by atoms with E-state index in [-0.39, 0.29) is 0 Å². The van der Waals surface area contributed by atoms with Crippen molar-refractivity contribution in [3.8, 4) is 0 Å². The zero-order valence-electron chi connectivity index (χ0n) is 9.96. The van der Waals surface area contributed by atoms with E-state index in [1.807, 2.05) is 0 Å². The summed E-state index contributed by atoms with van der Waals surface area (Å²) in [7, 11) is 0. The molecule has 1 rings (SSSR count). The first-order valence-electron chi connectivity index (χ1n) is 6.33. The summed E-state index contributed by atoms with van der Waals surface area (Å²) in [4.78, 5) is 0. The normalized spacial score (nSPS) is 21.0. The highest BCUT2D eigenvalue weighted by Crippen LogP contribution is 2.17. The van der Waals surface area contributed by atoms with E-state index in [1.54, 1.807) is 0 Å². The first kappa shape index (κ1) is 13.3. The van der Waals surface area contributed by atoms with Crippen LogP contribution in [0.25, 0.3) is 0 Å². The molecule has 1 fully saturated rings. The van der Waals surface area contributed by atoms with Crippen LogP contribution in [0.5, 0.6) is 0 Å². The Balaban J connectivity index is 1.73. The van der Waals surface area contributed by atoms with E-state index in [9.17, 15) is 0 Å². The second-order valence-electron chi connectivity index (χ2n) is 4.17. The molecule has 3 heteroatoms. The minimum Gasteiger partial charge on any atom is -0.377 e. The lowest BCUT2D eigenvalue weighted by Crippen LogP contribution is -2.16. The van der Waals surface area contributed by atoms with Crippen LogP contribution in [-0.2, 0) is 4.74 Å². The Morgan fingerprint density at radius 2 is 2.27 bits per heavy atom. The van der Waals surface area contributed by atoms with Gasteiger partial charge in [0.2, 0.25) is 0 Å². The highest BCUT2D eigenvalue weighted by molar-refractivity contribution is 7.99. The minimum absolute atomic E-state index is 0.563. The van der Waals surface area contributed by atoms with E-state index in [0.29, 0.717) is 6.10 Å². The summed E-state index contributed by atoms with van der Waals surface area (Å²) >= 11 is 2.06. The summed E-state index contributed by atoms with van der Waals surface area (Å²) in [6.07, 6.45) is 7.02. The van der Waals surface area contributed by atoms with Gasteiger partial charge in [-0.1, -0.05) is 6.92 Å². The van der Waals surface area contributed by atoms with Gasteiger partial charge in [0.05, 0.1) is 6.10 Å². The van der Waals surface area contributed by atoms with E-state index in [0.717, 1.165) is 6.61 Å². The zero-order chi connectivity index (χ0) is 10.8. The lowest BCUT2D eigenvalue weighted by Gasteiger charge is -2.08. The molecule has 2 nitrogen and oxygen atoms in total. The summed E-state index contributed by atoms with van der Waals surface area (Å²) in [5.41, 5.74) is 0. The third kappa shape index (κ3) is 7.20. The van der Waals surface area contributed by atoms with Crippen molar-refractivity contribution in [2.75, 3.05) is 31.2 Å². The van der Waals surface area contributed by atoms with Crippen LogP contribution in [0.15, 0.2) is 0 Å². The molecule has 0 saturated carbocycles. The maximum atomic E-state index is 5.58. The average Bonchev–Trinajstić information content (AvgIpc) is 2.75. The number of ether oxygens (including phenoxy) is 1. The molecule has 0 aromatic heterocycles. The van der Waals surface area contributed by atoms with Crippen LogP contribution in [0.1, 0.15) is 39.0 Å². The molecule has 1 N–H and O–H groups in total. The number of nitrogens with one attached hydrogen (secondary N) is 1. The maximum absolute atomic E-state index is 5.58. The highest BCUT2D eigenvalue weighted by Gasteiger charge is 2.14. The summed E-state index contributed by atoms with van der Waals surface area (Å²) in [5.74, 6) is 2.51. The zero-order valence-corrected chi connectivity index (χ0v) is 10.8. The van der Waals surface area contributed by atoms with Crippen LogP contribution in [0, 0.1) is 0 Å². The Morgan fingerprint density at radius 1 is 1.33 bits per heavy atom. The van der Waals surface area contributed by atoms with E-state index >= 15 is 0 Å². The Morgan fingerprint density at radius 3 is 3.00 bits per heavy atom. The number of hydrogen-bond donors (Lipinski definition) is 1. The molecule has 1 unspecified atom stereocenters. The SMILES string of the molecule is CCCNCCCCSCC1CCCO1. The Kier molecular flexibility index (Phi) is 8.44. The third-order valence-corrected chi connectivity index (χ3v) is 3.83. The van der Waals surface area contributed by atoms with Gasteiger partial charge in [-0.25, -0.2) is 0 Å². The largest absolute Gasteiger partial charge is 0.377 e. The Labute approximate surface area is 98.5 Å². The van der Waals surface area contributed by atoms with Gasteiger partial charge in [0.1, 0.15) is 0 Å². The van der Waals surface area contributed by atoms with E-state index in [4.69, 9.17) is 4.74 Å². The van der Waals surface area contributed by atoms with Crippen molar-refractivity contribution in [3.05, 3.63) is 0 Å². The molecule has 0 radical (unpaired) electrons. The topological polar surface area (TPSA) is 21.3 Å². The van der Waals surface area contributed by atoms with Gasteiger partial charge in [-0.15, -0.1) is 0 Å². The van der Waals surface area contributed by atoms with Crippen molar-refractivity contribution in [2.45, 2.75) is 45.1 Å². The fraction of sp³-hybridized carbons (Fsp3) is 1.00. The van der Waals surface area contributed by atoms with Crippen LogP contribution < -0.4 is 5.32 Å². The predicted octanol–water partition coefficient (Wildman–Crippen LogP) is 2.68. The van der Waals surface area contributed by atoms with Gasteiger partial charge in [0.25, 0.3) is 0 Å². The molecular formula is C12H25NOS. The second kappa shape index (κ2) is 9.49. The molecule has 0 spiro atoms. The van der Waals surface area contributed by atoms with Crippen LogP contribution >= 0.6 is 11.8 Å². The fourth-order valence-corrected chi connectivity index (χ4v) is 2.85. The Bertz CT molecular complexity index is 138. The lowest BCUT2D eigenvalue weighted by molar-refractivity contribution is 0.129. The van der Waals surface area contributed by atoms with Gasteiger partial charge < -0.3 is 10.1 Å². The molecule has 1 aliphatic heterocycles. The van der Waals surface area contributed by atoms with Gasteiger partial charge in [-0.05, 0) is 50.9 Å². The molecule has 1 saturated heterocycles. The fourth-order valence-electron chi connectivity index (χ4n) is 1.75. The average molecular weight is 231 g/mol. The molecule has 1 atom stereocenters. The Hall–Kier alpha value is 0.270. The van der Waals surface area contributed by atoms with Crippen LogP contribution in [0.4, 0.5) is 0 Å². The van der Waals surface area contributed by atoms with Gasteiger partial charge in [0.15, 0.2) is 0 Å². The van der Waals surface area contributed by atoms with Crippen molar-refractivity contribution >= 4 is 11.8 Å². The van der Waals surface area contributed by atoms with Gasteiger partial charge in [0, 0.05) is 12.4 Å². The van der Waals surface area contributed by atoms with Crippen LogP contribution in [0.2, 0.25) is 0 Å². The minimum atomic E-state index is 0.563. The van der Waals surface area contributed by atoms with Gasteiger partial charge >= 0.3 is 0 Å². The number of hydrogen-bond acceptors (Lipinski definition) is 3. The third-order valence-electron chi connectivity index (χ3n) is 2.65. The standard InChI is InChI=1S/C12H25NOS/c1-2-7-13-8-3-4-10-15-11-12-6-5-9-14-12/h12-13H,2-11H2,1H3. The lowest BCUT2D eigenvalue weighted by atomic mass is 10.3. The van der Waals surface area contributed by atoms with Crippen molar-refractivity contribution < 1.29 is 4.74 Å². The summed E-state index contributed by atoms with van der Waals surface area (Å²) < 4.78 is 5.58. The second-order valence-corrected chi connectivity index (χ2v) is 5.32. The molecule has 0 amide bonds. The molecule has 0 aromatic carbocycles. The van der Waals surface area contributed by atoms with Crippen LogP contribution in [0.3, 0.4) is 0 Å². The van der Waals surface area contributed by atoms with Crippen molar-refractivity contribution in [2.24, 2.45) is 0 Å². The van der Waals surface area contributed by atoms with Crippen molar-refractivity contribution in [3.63, 3.8) is 0 Å². The number of unbranched alkanes of at least 4 members (excludes halogenated alkanes) is 1. The molecule has 15 heavy (non-hydrogen) atoms. The number of thioether (sulfide) groups is 1. The first-order chi connectivity index (χ1) is 7.43. The highest BCUT2D eigenvalue weighted by atomic mass is 32.2. The smallest absolute Gasteiger partial charge is 0.0666 e. The molecule has 1 heterocycles. The van der Waals surface area contributed by atoms with E-state index in [2.05, 4.69) is 24.0 Å². The summed E-state index contributed by atoms with van der Waals surface area (Å²) in [6, 6.07) is 0. The molecular weight excluding hydrogens is 206 g/mol. The van der Waals surface area contributed by atoms with Crippen LogP contribution in [-0.4, -0.2) is 37.3 Å². The van der Waals surface area contributed by atoms with Crippen molar-refractivity contribution in [1.82, 2.24) is 5.32 Å². The molecule has 0 bridgehead atoms. The van der Waals surface area contributed by atoms with Crippen molar-refractivity contribution in [1.29, 1.82) is 0 Å². The molecule has 0 aliphatic carbocycles. The van der Waals surface area contributed by atoms with E-state index in [1.165, 1.54) is 56.7 Å². The molecule has 1 aliphatic rings. The van der Waals surface area contributed by atoms with Gasteiger partial charge in [-0.2, -0.15) is 11.8 Å². The predicted molar refractivity (Wildman–Crippen MR) is 68.7 cm³/mol. The molecule has 90 valence electrons. The maximum Gasteiger partial charge on any atom is 0.0666 e.